The molecule has 0 spiro atoms. The summed E-state index contributed by atoms with van der Waals surface area (Å²) in [5.74, 6) is -0.214. The second kappa shape index (κ2) is 6.28. The topological polar surface area (TPSA) is 92.4 Å². The van der Waals surface area contributed by atoms with E-state index in [1.807, 2.05) is 0 Å². The number of carbonyl (C=O) groups excluding carboxylic acids is 1. The van der Waals surface area contributed by atoms with Crippen molar-refractivity contribution in [1.82, 2.24) is 0 Å². The fourth-order valence-electron chi connectivity index (χ4n) is 1.44. The molecule has 0 saturated heterocycles. The van der Waals surface area contributed by atoms with Crippen molar-refractivity contribution in [2.75, 3.05) is 5.32 Å². The Morgan fingerprint density at radius 1 is 1.38 bits per heavy atom. The molecule has 0 heterocycles. The smallest absolute Gasteiger partial charge is 0.416 e. The molecule has 0 radical (unpaired) electrons. The number of terminal acetylenes is 1. The molecular formula is C13H11F3N2O3. The van der Waals surface area contributed by atoms with Crippen molar-refractivity contribution in [3.63, 3.8) is 0 Å². The molecule has 1 aromatic carbocycles. The first-order chi connectivity index (χ1) is 9.65. The summed E-state index contributed by atoms with van der Waals surface area (Å²) in [4.78, 5) is 22.4. The number of hydrogen-bond donors (Lipinski definition) is 3. The number of halogens is 3. The first-order valence-electron chi connectivity index (χ1n) is 5.60. The molecule has 1 atom stereocenters. The van der Waals surface area contributed by atoms with Gasteiger partial charge in [-0.2, -0.15) is 13.2 Å². The summed E-state index contributed by atoms with van der Waals surface area (Å²) in [6.07, 6.45) is 0.124. The van der Waals surface area contributed by atoms with Gasteiger partial charge < -0.3 is 16.2 Å². The Balaban J connectivity index is 3.13. The number of hydrogen-bond acceptors (Lipinski definition) is 3. The summed E-state index contributed by atoms with van der Waals surface area (Å²) in [7, 11) is 0. The summed E-state index contributed by atoms with van der Waals surface area (Å²) in [5.41, 5.74) is 3.29. The maximum atomic E-state index is 12.7. The Bertz CT molecular complexity index is 606. The summed E-state index contributed by atoms with van der Waals surface area (Å²) in [6, 6.07) is 0.891. The molecule has 0 aliphatic carbocycles. The summed E-state index contributed by atoms with van der Waals surface area (Å²) in [5, 5.41) is 10.9. The van der Waals surface area contributed by atoms with Gasteiger partial charge in [0.2, 0.25) is 5.91 Å². The SMILES string of the molecule is C#CCC(N)C(=O)Nc1cc(C(=O)O)cc(C(F)(F)F)c1. The van der Waals surface area contributed by atoms with Crippen LogP contribution in [0.2, 0.25) is 0 Å². The van der Waals surface area contributed by atoms with E-state index in [0.717, 1.165) is 6.07 Å². The zero-order chi connectivity index (χ0) is 16.2. The fraction of sp³-hybridized carbons (Fsp3) is 0.231. The Morgan fingerprint density at radius 3 is 2.48 bits per heavy atom. The quantitative estimate of drug-likeness (QED) is 0.738. The van der Waals surface area contributed by atoms with Crippen LogP contribution in [-0.2, 0) is 11.0 Å². The minimum absolute atomic E-state index is 0.101. The minimum atomic E-state index is -4.74. The van der Waals surface area contributed by atoms with Crippen LogP contribution < -0.4 is 11.1 Å². The average Bonchev–Trinajstić information content (AvgIpc) is 2.37. The van der Waals surface area contributed by atoms with Crippen LogP contribution in [0.3, 0.4) is 0 Å². The highest BCUT2D eigenvalue weighted by Gasteiger charge is 2.32. The molecule has 112 valence electrons. The number of carboxylic acid groups (broad SMARTS) is 1. The van der Waals surface area contributed by atoms with Crippen molar-refractivity contribution in [2.24, 2.45) is 5.73 Å². The molecule has 8 heteroatoms. The van der Waals surface area contributed by atoms with E-state index in [0.29, 0.717) is 12.1 Å². The number of aromatic carboxylic acids is 1. The van der Waals surface area contributed by atoms with Crippen molar-refractivity contribution in [3.05, 3.63) is 29.3 Å². The molecule has 4 N–H and O–H groups in total. The molecule has 1 aromatic rings. The number of rotatable bonds is 4. The second-order valence-electron chi connectivity index (χ2n) is 4.11. The molecular weight excluding hydrogens is 289 g/mol. The number of alkyl halides is 3. The van der Waals surface area contributed by atoms with E-state index in [-0.39, 0.29) is 12.1 Å². The number of amides is 1. The Hall–Kier alpha value is -2.53. The first-order valence-corrected chi connectivity index (χ1v) is 5.60. The molecule has 0 bridgehead atoms. The predicted molar refractivity (Wildman–Crippen MR) is 68.5 cm³/mol. The van der Waals surface area contributed by atoms with Crippen LogP contribution >= 0.6 is 0 Å². The maximum Gasteiger partial charge on any atom is 0.416 e. The molecule has 0 aliphatic rings. The third-order valence-corrected chi connectivity index (χ3v) is 2.45. The fourth-order valence-corrected chi connectivity index (χ4v) is 1.44. The van der Waals surface area contributed by atoms with Crippen LogP contribution in [0.1, 0.15) is 22.3 Å². The van der Waals surface area contributed by atoms with E-state index in [4.69, 9.17) is 17.3 Å². The molecule has 1 unspecified atom stereocenters. The molecule has 21 heavy (non-hydrogen) atoms. The number of carbonyl (C=O) groups is 2. The molecule has 1 amide bonds. The lowest BCUT2D eigenvalue weighted by atomic mass is 10.1. The van der Waals surface area contributed by atoms with Crippen molar-refractivity contribution in [3.8, 4) is 12.3 Å². The summed E-state index contributed by atoms with van der Waals surface area (Å²) < 4.78 is 38.0. The Morgan fingerprint density at radius 2 is 2.00 bits per heavy atom. The lowest BCUT2D eigenvalue weighted by Gasteiger charge is -2.13. The lowest BCUT2D eigenvalue weighted by molar-refractivity contribution is -0.137. The number of benzene rings is 1. The predicted octanol–water partition coefficient (Wildman–Crippen LogP) is 1.69. The van der Waals surface area contributed by atoms with Crippen LogP contribution in [0.15, 0.2) is 18.2 Å². The van der Waals surface area contributed by atoms with Gasteiger partial charge in [0.15, 0.2) is 0 Å². The number of nitrogens with two attached hydrogens (primary N) is 1. The van der Waals surface area contributed by atoms with E-state index in [2.05, 4.69) is 11.2 Å². The van der Waals surface area contributed by atoms with Crippen molar-refractivity contribution in [2.45, 2.75) is 18.6 Å². The largest absolute Gasteiger partial charge is 0.478 e. The van der Waals surface area contributed by atoms with E-state index < -0.39 is 35.2 Å². The first kappa shape index (κ1) is 16.5. The number of carboxylic acids is 1. The molecule has 0 aromatic heterocycles. The van der Waals surface area contributed by atoms with E-state index in [9.17, 15) is 22.8 Å². The van der Waals surface area contributed by atoms with Gasteiger partial charge in [0.1, 0.15) is 0 Å². The van der Waals surface area contributed by atoms with Crippen LogP contribution in [0.4, 0.5) is 18.9 Å². The normalized spacial score (nSPS) is 12.3. The van der Waals surface area contributed by atoms with Crippen LogP contribution in [0, 0.1) is 12.3 Å². The van der Waals surface area contributed by atoms with Gasteiger partial charge in [0, 0.05) is 12.1 Å². The average molecular weight is 300 g/mol. The van der Waals surface area contributed by atoms with Gasteiger partial charge in [-0.15, -0.1) is 12.3 Å². The highest BCUT2D eigenvalue weighted by atomic mass is 19.4. The van der Waals surface area contributed by atoms with E-state index in [1.165, 1.54) is 0 Å². The molecule has 0 saturated carbocycles. The monoisotopic (exact) mass is 300 g/mol. The van der Waals surface area contributed by atoms with Crippen LogP contribution in [-0.4, -0.2) is 23.0 Å². The van der Waals surface area contributed by atoms with E-state index in [1.54, 1.807) is 0 Å². The van der Waals surface area contributed by atoms with Gasteiger partial charge in [0.25, 0.3) is 0 Å². The minimum Gasteiger partial charge on any atom is -0.478 e. The summed E-state index contributed by atoms with van der Waals surface area (Å²) >= 11 is 0. The number of nitrogens with one attached hydrogen (secondary N) is 1. The van der Waals surface area contributed by atoms with Gasteiger partial charge in [-0.05, 0) is 18.2 Å². The van der Waals surface area contributed by atoms with Gasteiger partial charge >= 0.3 is 12.1 Å². The maximum absolute atomic E-state index is 12.7. The molecule has 0 fully saturated rings. The zero-order valence-electron chi connectivity index (χ0n) is 10.6. The van der Waals surface area contributed by atoms with E-state index >= 15 is 0 Å². The Labute approximate surface area is 117 Å². The van der Waals surface area contributed by atoms with Gasteiger partial charge in [0.05, 0.1) is 17.2 Å². The highest BCUT2D eigenvalue weighted by Crippen LogP contribution is 2.32. The van der Waals surface area contributed by atoms with Crippen molar-refractivity contribution in [1.29, 1.82) is 0 Å². The standard InChI is InChI=1S/C13H11F3N2O3/c1-2-3-10(17)11(19)18-9-5-7(12(20)21)4-8(6-9)13(14,15)16/h1,4-6,10H,3,17H2,(H,18,19)(H,20,21). The van der Waals surface area contributed by atoms with Gasteiger partial charge in [-0.3, -0.25) is 4.79 Å². The van der Waals surface area contributed by atoms with Gasteiger partial charge in [-0.25, -0.2) is 4.79 Å². The lowest BCUT2D eigenvalue weighted by Crippen LogP contribution is -2.35. The number of anilines is 1. The molecule has 1 rings (SSSR count). The molecule has 0 aliphatic heterocycles. The van der Waals surface area contributed by atoms with Crippen molar-refractivity contribution < 1.29 is 27.9 Å². The van der Waals surface area contributed by atoms with Crippen LogP contribution in [0.25, 0.3) is 0 Å². The van der Waals surface area contributed by atoms with Crippen LogP contribution in [0.5, 0.6) is 0 Å². The summed E-state index contributed by atoms with van der Waals surface area (Å²) in [6.45, 7) is 0. The van der Waals surface area contributed by atoms with Crippen molar-refractivity contribution >= 4 is 17.6 Å². The molecule has 5 nitrogen and oxygen atoms in total. The Kier molecular flexibility index (Phi) is 4.94. The third kappa shape index (κ3) is 4.50. The second-order valence-corrected chi connectivity index (χ2v) is 4.11. The highest BCUT2D eigenvalue weighted by molar-refractivity contribution is 5.96. The van der Waals surface area contributed by atoms with Gasteiger partial charge in [-0.1, -0.05) is 0 Å². The third-order valence-electron chi connectivity index (χ3n) is 2.45. The zero-order valence-corrected chi connectivity index (χ0v) is 10.6.